The Hall–Kier alpha value is -2.47. The average molecular weight is 333 g/mol. The first-order chi connectivity index (χ1) is 11.1. The number of hydrogen-bond acceptors (Lipinski definition) is 4. The fourth-order valence-electron chi connectivity index (χ4n) is 2.01. The molecular formula is C16H17ClN4O2. The molecule has 1 saturated carbocycles. The van der Waals surface area contributed by atoms with E-state index in [9.17, 15) is 4.79 Å². The van der Waals surface area contributed by atoms with Gasteiger partial charge in [-0.2, -0.15) is 0 Å². The van der Waals surface area contributed by atoms with E-state index in [0.717, 1.165) is 18.5 Å². The van der Waals surface area contributed by atoms with Crippen LogP contribution in [0.4, 0.5) is 22.0 Å². The molecule has 0 spiro atoms. The molecule has 0 unspecified atom stereocenters. The van der Waals surface area contributed by atoms with E-state index in [0.29, 0.717) is 28.3 Å². The van der Waals surface area contributed by atoms with Crippen LogP contribution in [0.5, 0.6) is 5.75 Å². The fourth-order valence-corrected chi connectivity index (χ4v) is 2.27. The zero-order chi connectivity index (χ0) is 16.2. The molecule has 0 aliphatic heterocycles. The predicted molar refractivity (Wildman–Crippen MR) is 90.7 cm³/mol. The Labute approximate surface area is 139 Å². The molecule has 0 bridgehead atoms. The van der Waals surface area contributed by atoms with Crippen molar-refractivity contribution in [2.24, 2.45) is 0 Å². The van der Waals surface area contributed by atoms with E-state index in [-0.39, 0.29) is 6.03 Å². The lowest BCUT2D eigenvalue weighted by Crippen LogP contribution is -2.30. The summed E-state index contributed by atoms with van der Waals surface area (Å²) in [6.07, 6.45) is 3.71. The minimum absolute atomic E-state index is 0.197. The maximum absolute atomic E-state index is 11.6. The number of benzene rings is 1. The second-order valence-electron chi connectivity index (χ2n) is 5.28. The third kappa shape index (κ3) is 4.26. The Morgan fingerprint density at radius 2 is 2.04 bits per heavy atom. The zero-order valence-electron chi connectivity index (χ0n) is 12.6. The second-order valence-corrected chi connectivity index (χ2v) is 5.69. The molecule has 120 valence electrons. The molecule has 23 heavy (non-hydrogen) atoms. The van der Waals surface area contributed by atoms with Gasteiger partial charge in [0.15, 0.2) is 0 Å². The molecule has 1 aromatic carbocycles. The van der Waals surface area contributed by atoms with Gasteiger partial charge in [-0.3, -0.25) is 0 Å². The molecule has 3 N–H and O–H groups in total. The molecule has 6 nitrogen and oxygen atoms in total. The van der Waals surface area contributed by atoms with Crippen molar-refractivity contribution in [3.05, 3.63) is 41.6 Å². The van der Waals surface area contributed by atoms with Crippen LogP contribution in [0.2, 0.25) is 5.02 Å². The van der Waals surface area contributed by atoms with Gasteiger partial charge in [-0.15, -0.1) is 0 Å². The molecule has 7 heteroatoms. The number of amides is 2. The Bertz CT molecular complexity index is 702. The number of nitrogens with zero attached hydrogens (tertiary/aromatic N) is 1. The highest BCUT2D eigenvalue weighted by molar-refractivity contribution is 6.32. The van der Waals surface area contributed by atoms with Crippen LogP contribution >= 0.6 is 11.6 Å². The molecule has 1 fully saturated rings. The van der Waals surface area contributed by atoms with Gasteiger partial charge in [-0.25, -0.2) is 9.78 Å². The molecular weight excluding hydrogens is 316 g/mol. The van der Waals surface area contributed by atoms with E-state index in [1.54, 1.807) is 37.6 Å². The topological polar surface area (TPSA) is 75.3 Å². The van der Waals surface area contributed by atoms with Crippen molar-refractivity contribution >= 4 is 34.8 Å². The van der Waals surface area contributed by atoms with Crippen LogP contribution in [0.15, 0.2) is 36.5 Å². The quantitative estimate of drug-likeness (QED) is 0.779. The van der Waals surface area contributed by atoms with E-state index in [1.807, 2.05) is 6.07 Å². The SMILES string of the molecule is COc1ccc(Nc2ccc(NC(=O)NC3CC3)cn2)cc1Cl. The van der Waals surface area contributed by atoms with Crippen LogP contribution in [0.3, 0.4) is 0 Å². The molecule has 2 amide bonds. The summed E-state index contributed by atoms with van der Waals surface area (Å²) in [7, 11) is 1.57. The van der Waals surface area contributed by atoms with Crippen molar-refractivity contribution in [3.8, 4) is 5.75 Å². The molecule has 0 atom stereocenters. The zero-order valence-corrected chi connectivity index (χ0v) is 13.4. The number of aromatic nitrogens is 1. The third-order valence-corrected chi connectivity index (χ3v) is 3.65. The summed E-state index contributed by atoms with van der Waals surface area (Å²) in [6.45, 7) is 0. The fraction of sp³-hybridized carbons (Fsp3) is 0.250. The number of halogens is 1. The lowest BCUT2D eigenvalue weighted by molar-refractivity contribution is 0.251. The van der Waals surface area contributed by atoms with Crippen molar-refractivity contribution in [1.29, 1.82) is 0 Å². The van der Waals surface area contributed by atoms with E-state index >= 15 is 0 Å². The first-order valence-corrected chi connectivity index (χ1v) is 7.66. The number of carbonyl (C=O) groups is 1. The van der Waals surface area contributed by atoms with Gasteiger partial charge in [0, 0.05) is 11.7 Å². The van der Waals surface area contributed by atoms with E-state index < -0.39 is 0 Å². The lowest BCUT2D eigenvalue weighted by atomic mass is 10.3. The Balaban J connectivity index is 1.60. The van der Waals surface area contributed by atoms with Gasteiger partial charge >= 0.3 is 6.03 Å². The van der Waals surface area contributed by atoms with Gasteiger partial charge in [-0.05, 0) is 43.2 Å². The van der Waals surface area contributed by atoms with Crippen molar-refractivity contribution in [2.75, 3.05) is 17.7 Å². The Morgan fingerprint density at radius 3 is 2.65 bits per heavy atom. The summed E-state index contributed by atoms with van der Waals surface area (Å²) in [4.78, 5) is 15.9. The molecule has 3 rings (SSSR count). The maximum Gasteiger partial charge on any atom is 0.319 e. The van der Waals surface area contributed by atoms with E-state index in [4.69, 9.17) is 16.3 Å². The molecule has 0 saturated heterocycles. The number of rotatable bonds is 5. The number of pyridine rings is 1. The Morgan fingerprint density at radius 1 is 1.26 bits per heavy atom. The van der Waals surface area contributed by atoms with Crippen LogP contribution in [-0.4, -0.2) is 24.2 Å². The Kier molecular flexibility index (Phi) is 4.52. The number of nitrogens with one attached hydrogen (secondary N) is 3. The van der Waals surface area contributed by atoms with Crippen molar-refractivity contribution in [1.82, 2.24) is 10.3 Å². The number of ether oxygens (including phenoxy) is 1. The number of urea groups is 1. The normalized spacial score (nSPS) is 13.3. The van der Waals surface area contributed by atoms with Crippen molar-refractivity contribution < 1.29 is 9.53 Å². The standard InChI is InChI=1S/C16H17ClN4O2/c1-23-14-6-4-11(8-13(14)17)19-15-7-5-12(9-18-15)21-16(22)20-10-2-3-10/h4-10H,2-3H2,1H3,(H,18,19)(H2,20,21,22). The lowest BCUT2D eigenvalue weighted by Gasteiger charge is -2.10. The second kappa shape index (κ2) is 6.75. The highest BCUT2D eigenvalue weighted by atomic mass is 35.5. The summed E-state index contributed by atoms with van der Waals surface area (Å²) in [5.74, 6) is 1.27. The smallest absolute Gasteiger partial charge is 0.319 e. The maximum atomic E-state index is 11.6. The van der Waals surface area contributed by atoms with Gasteiger partial charge in [-0.1, -0.05) is 11.6 Å². The first kappa shape index (κ1) is 15.4. The van der Waals surface area contributed by atoms with Crippen molar-refractivity contribution in [3.63, 3.8) is 0 Å². The van der Waals surface area contributed by atoms with Crippen LogP contribution in [0.1, 0.15) is 12.8 Å². The monoisotopic (exact) mass is 332 g/mol. The van der Waals surface area contributed by atoms with Crippen LogP contribution < -0.4 is 20.7 Å². The molecule has 0 radical (unpaired) electrons. The van der Waals surface area contributed by atoms with E-state index in [1.165, 1.54) is 0 Å². The summed E-state index contributed by atoms with van der Waals surface area (Å²) in [5, 5.41) is 9.26. The number of anilines is 3. The van der Waals surface area contributed by atoms with Gasteiger partial charge < -0.3 is 20.7 Å². The highest BCUT2D eigenvalue weighted by Crippen LogP contribution is 2.28. The minimum Gasteiger partial charge on any atom is -0.495 e. The van der Waals surface area contributed by atoms with Crippen LogP contribution in [-0.2, 0) is 0 Å². The van der Waals surface area contributed by atoms with Crippen LogP contribution in [0, 0.1) is 0 Å². The number of carbonyl (C=O) groups excluding carboxylic acids is 1. The van der Waals surface area contributed by atoms with Crippen molar-refractivity contribution in [2.45, 2.75) is 18.9 Å². The molecule has 1 aliphatic rings. The molecule has 1 heterocycles. The van der Waals surface area contributed by atoms with Gasteiger partial charge in [0.2, 0.25) is 0 Å². The molecule has 1 aliphatic carbocycles. The highest BCUT2D eigenvalue weighted by Gasteiger charge is 2.23. The summed E-state index contributed by atoms with van der Waals surface area (Å²) < 4.78 is 5.11. The van der Waals surface area contributed by atoms with Gasteiger partial charge in [0.1, 0.15) is 11.6 Å². The number of hydrogen-bond donors (Lipinski definition) is 3. The van der Waals surface area contributed by atoms with E-state index in [2.05, 4.69) is 20.9 Å². The minimum atomic E-state index is -0.197. The van der Waals surface area contributed by atoms with Gasteiger partial charge in [0.05, 0.1) is 24.0 Å². The average Bonchev–Trinajstić information content (AvgIpc) is 3.33. The summed E-state index contributed by atoms with van der Waals surface area (Å²) in [6, 6.07) is 9.08. The number of methoxy groups -OCH3 is 1. The largest absolute Gasteiger partial charge is 0.495 e. The van der Waals surface area contributed by atoms with Gasteiger partial charge in [0.25, 0.3) is 0 Å². The third-order valence-electron chi connectivity index (χ3n) is 3.36. The molecule has 1 aromatic heterocycles. The summed E-state index contributed by atoms with van der Waals surface area (Å²) in [5.41, 5.74) is 1.44. The van der Waals surface area contributed by atoms with Crippen LogP contribution in [0.25, 0.3) is 0 Å². The predicted octanol–water partition coefficient (Wildman–Crippen LogP) is 3.77. The first-order valence-electron chi connectivity index (χ1n) is 7.28. The summed E-state index contributed by atoms with van der Waals surface area (Å²) >= 11 is 6.08. The molecule has 2 aromatic rings.